The van der Waals surface area contributed by atoms with Crippen LogP contribution in [-0.4, -0.2) is 37.4 Å². The minimum Gasteiger partial charge on any atom is -0.328 e. The summed E-state index contributed by atoms with van der Waals surface area (Å²) in [7, 11) is 0. The lowest BCUT2D eigenvalue weighted by Gasteiger charge is -2.30. The molecule has 1 heterocycles. The second kappa shape index (κ2) is 7.56. The van der Waals surface area contributed by atoms with Gasteiger partial charge in [-0.2, -0.15) is 5.10 Å². The molecule has 3 rings (SSSR count). The normalized spacial score (nSPS) is 16.3. The Labute approximate surface area is 140 Å². The van der Waals surface area contributed by atoms with Crippen molar-refractivity contribution in [1.29, 1.82) is 0 Å². The van der Waals surface area contributed by atoms with Gasteiger partial charge in [-0.05, 0) is 6.07 Å². The van der Waals surface area contributed by atoms with Crippen molar-refractivity contribution in [2.45, 2.75) is 6.54 Å². The topological polar surface area (TPSA) is 20.0 Å². The summed E-state index contributed by atoms with van der Waals surface area (Å²) in [6.45, 7) is 5.43. The van der Waals surface area contributed by atoms with Crippen LogP contribution in [0, 0.1) is 0 Å². The minimum absolute atomic E-state index is 1.02. The molecule has 2 aromatic rings. The van der Waals surface area contributed by atoms with E-state index in [1.165, 1.54) is 5.56 Å². The number of halogens is 1. The summed E-state index contributed by atoms with van der Waals surface area (Å²) >= 11 is 3.55. The Bertz CT molecular complexity index is 619. The molecule has 1 aliphatic heterocycles. The van der Waals surface area contributed by atoms with Gasteiger partial charge in [-0.15, -0.1) is 0 Å². The van der Waals surface area contributed by atoms with Gasteiger partial charge in [-0.1, -0.05) is 64.5 Å². The number of quaternary nitrogens is 1. The minimum atomic E-state index is 1.02. The highest BCUT2D eigenvalue weighted by Crippen LogP contribution is 2.13. The van der Waals surface area contributed by atoms with E-state index < -0.39 is 0 Å². The quantitative estimate of drug-likeness (QED) is 0.830. The highest BCUT2D eigenvalue weighted by atomic mass is 79.9. The van der Waals surface area contributed by atoms with Crippen LogP contribution >= 0.6 is 15.9 Å². The lowest BCUT2D eigenvalue weighted by Crippen LogP contribution is -3.13. The first-order valence-corrected chi connectivity index (χ1v) is 8.51. The summed E-state index contributed by atoms with van der Waals surface area (Å²) < 4.78 is 1.09. The number of hydrazone groups is 1. The summed E-state index contributed by atoms with van der Waals surface area (Å²) in [5.74, 6) is 0. The lowest BCUT2D eigenvalue weighted by atomic mass is 10.2. The zero-order chi connectivity index (χ0) is 15.2. The third kappa shape index (κ3) is 4.18. The van der Waals surface area contributed by atoms with E-state index in [1.807, 2.05) is 24.4 Å². The summed E-state index contributed by atoms with van der Waals surface area (Å²) in [5, 5.41) is 6.80. The Morgan fingerprint density at radius 3 is 2.41 bits per heavy atom. The molecule has 0 amide bonds. The summed E-state index contributed by atoms with van der Waals surface area (Å²) in [5.41, 5.74) is 2.55. The van der Waals surface area contributed by atoms with Crippen LogP contribution in [0.5, 0.6) is 0 Å². The predicted molar refractivity (Wildman–Crippen MR) is 94.2 cm³/mol. The highest BCUT2D eigenvalue weighted by Gasteiger charge is 2.18. The Morgan fingerprint density at radius 2 is 1.68 bits per heavy atom. The van der Waals surface area contributed by atoms with E-state index in [0.29, 0.717) is 0 Å². The Kier molecular flexibility index (Phi) is 5.24. The maximum absolute atomic E-state index is 4.62. The van der Waals surface area contributed by atoms with Crippen LogP contribution in [0.4, 0.5) is 0 Å². The number of nitrogens with one attached hydrogen (secondary N) is 1. The van der Waals surface area contributed by atoms with Gasteiger partial charge in [0.2, 0.25) is 0 Å². The fraction of sp³-hybridized carbons (Fsp3) is 0.278. The van der Waals surface area contributed by atoms with Gasteiger partial charge in [0.25, 0.3) is 0 Å². The van der Waals surface area contributed by atoms with Crippen molar-refractivity contribution in [2.24, 2.45) is 5.10 Å². The van der Waals surface area contributed by atoms with E-state index in [-0.39, 0.29) is 0 Å². The van der Waals surface area contributed by atoms with Gasteiger partial charge in [0.1, 0.15) is 6.54 Å². The molecule has 1 fully saturated rings. The molecule has 0 bridgehead atoms. The average molecular weight is 359 g/mol. The molecular formula is C18H21BrN3+. The number of nitrogens with zero attached hydrogens (tertiary/aromatic N) is 2. The van der Waals surface area contributed by atoms with E-state index in [4.69, 9.17) is 0 Å². The van der Waals surface area contributed by atoms with Crippen molar-refractivity contribution < 1.29 is 4.90 Å². The fourth-order valence-electron chi connectivity index (χ4n) is 2.71. The largest absolute Gasteiger partial charge is 0.328 e. The van der Waals surface area contributed by atoms with Crippen molar-refractivity contribution >= 4 is 22.1 Å². The Morgan fingerprint density at radius 1 is 1.00 bits per heavy atom. The molecule has 4 heteroatoms. The van der Waals surface area contributed by atoms with Crippen molar-refractivity contribution in [2.75, 3.05) is 26.2 Å². The van der Waals surface area contributed by atoms with Crippen LogP contribution in [-0.2, 0) is 6.54 Å². The van der Waals surface area contributed by atoms with Gasteiger partial charge < -0.3 is 4.90 Å². The Balaban J connectivity index is 1.51. The van der Waals surface area contributed by atoms with Crippen LogP contribution in [0.3, 0.4) is 0 Å². The molecule has 0 spiro atoms. The predicted octanol–water partition coefficient (Wildman–Crippen LogP) is 2.18. The molecular weight excluding hydrogens is 338 g/mol. The molecule has 0 atom stereocenters. The average Bonchev–Trinajstić information content (AvgIpc) is 2.56. The fourth-order valence-corrected chi connectivity index (χ4v) is 3.10. The van der Waals surface area contributed by atoms with Crippen LogP contribution in [0.15, 0.2) is 64.2 Å². The first-order chi connectivity index (χ1) is 10.8. The SMILES string of the molecule is Brc1ccccc1/C=N/N1CC[NH+](Cc2ccccc2)CC1. The molecule has 22 heavy (non-hydrogen) atoms. The zero-order valence-corrected chi connectivity index (χ0v) is 14.2. The number of benzene rings is 2. The molecule has 0 radical (unpaired) electrons. The van der Waals surface area contributed by atoms with E-state index in [1.54, 1.807) is 4.90 Å². The highest BCUT2D eigenvalue weighted by molar-refractivity contribution is 9.10. The van der Waals surface area contributed by atoms with E-state index in [9.17, 15) is 0 Å². The van der Waals surface area contributed by atoms with Gasteiger partial charge in [0, 0.05) is 15.6 Å². The van der Waals surface area contributed by atoms with Crippen LogP contribution in [0.1, 0.15) is 11.1 Å². The molecule has 1 saturated heterocycles. The molecule has 3 nitrogen and oxygen atoms in total. The van der Waals surface area contributed by atoms with Gasteiger partial charge in [0.05, 0.1) is 32.4 Å². The smallest absolute Gasteiger partial charge is 0.103 e. The number of hydrogen-bond donors (Lipinski definition) is 1. The maximum Gasteiger partial charge on any atom is 0.103 e. The summed E-state index contributed by atoms with van der Waals surface area (Å²) in [4.78, 5) is 1.64. The molecule has 0 aliphatic carbocycles. The van der Waals surface area contributed by atoms with Crippen LogP contribution in [0.2, 0.25) is 0 Å². The molecule has 0 unspecified atom stereocenters. The molecule has 0 saturated carbocycles. The first-order valence-electron chi connectivity index (χ1n) is 7.72. The van der Waals surface area contributed by atoms with Crippen molar-refractivity contribution in [3.05, 3.63) is 70.2 Å². The summed E-state index contributed by atoms with van der Waals surface area (Å²) in [6.07, 6.45) is 1.95. The third-order valence-corrected chi connectivity index (χ3v) is 4.73. The second-order valence-corrected chi connectivity index (χ2v) is 6.49. The van der Waals surface area contributed by atoms with Crippen molar-refractivity contribution in [1.82, 2.24) is 5.01 Å². The molecule has 0 aromatic heterocycles. The Hall–Kier alpha value is -1.65. The van der Waals surface area contributed by atoms with Gasteiger partial charge in [0.15, 0.2) is 0 Å². The lowest BCUT2D eigenvalue weighted by molar-refractivity contribution is -0.918. The van der Waals surface area contributed by atoms with Crippen molar-refractivity contribution in [3.8, 4) is 0 Å². The van der Waals surface area contributed by atoms with E-state index in [2.05, 4.69) is 62.4 Å². The zero-order valence-electron chi connectivity index (χ0n) is 12.6. The number of piperazine rings is 1. The molecule has 1 N–H and O–H groups in total. The monoisotopic (exact) mass is 358 g/mol. The third-order valence-electron chi connectivity index (χ3n) is 4.01. The molecule has 114 valence electrons. The van der Waals surface area contributed by atoms with Gasteiger partial charge >= 0.3 is 0 Å². The van der Waals surface area contributed by atoms with Gasteiger partial charge in [-0.3, -0.25) is 5.01 Å². The first kappa shape index (κ1) is 15.3. The number of rotatable bonds is 4. The number of hydrogen-bond acceptors (Lipinski definition) is 2. The standard InChI is InChI=1S/C18H20BrN3/c19-18-9-5-4-8-17(18)14-20-22-12-10-21(11-13-22)15-16-6-2-1-3-7-16/h1-9,14H,10-13,15H2/p+1/b20-14+. The summed E-state index contributed by atoms with van der Waals surface area (Å²) in [6, 6.07) is 18.9. The van der Waals surface area contributed by atoms with E-state index >= 15 is 0 Å². The van der Waals surface area contributed by atoms with E-state index in [0.717, 1.165) is 42.8 Å². The van der Waals surface area contributed by atoms with Crippen LogP contribution < -0.4 is 4.90 Å². The van der Waals surface area contributed by atoms with Gasteiger partial charge in [-0.25, -0.2) is 0 Å². The van der Waals surface area contributed by atoms with Crippen LogP contribution in [0.25, 0.3) is 0 Å². The van der Waals surface area contributed by atoms with Crippen molar-refractivity contribution in [3.63, 3.8) is 0 Å². The maximum atomic E-state index is 4.62. The second-order valence-electron chi connectivity index (χ2n) is 5.63. The molecule has 1 aliphatic rings. The molecule has 2 aromatic carbocycles.